The molecule has 3 rings (SSSR count). The molecular weight excluding hydrogens is 242 g/mol. The van der Waals surface area contributed by atoms with E-state index < -0.39 is 5.91 Å². The van der Waals surface area contributed by atoms with Crippen molar-refractivity contribution in [2.24, 2.45) is 5.73 Å². The largest absolute Gasteiger partial charge is 0.486 e. The summed E-state index contributed by atoms with van der Waals surface area (Å²) in [7, 11) is 0. The van der Waals surface area contributed by atoms with E-state index in [0.29, 0.717) is 30.3 Å². The van der Waals surface area contributed by atoms with Crippen LogP contribution in [0.1, 0.15) is 10.4 Å². The van der Waals surface area contributed by atoms with E-state index in [9.17, 15) is 4.79 Å². The van der Waals surface area contributed by atoms with Gasteiger partial charge in [-0.25, -0.2) is 0 Å². The Morgan fingerprint density at radius 2 is 1.63 bits per heavy atom. The van der Waals surface area contributed by atoms with Gasteiger partial charge in [0.05, 0.1) is 5.56 Å². The lowest BCUT2D eigenvalue weighted by Gasteiger charge is -2.20. The van der Waals surface area contributed by atoms with Gasteiger partial charge in [0.1, 0.15) is 13.2 Å². The normalized spacial score (nSPS) is 13.1. The maximum atomic E-state index is 11.6. The molecule has 0 unspecified atom stereocenters. The molecule has 0 fully saturated rings. The van der Waals surface area contributed by atoms with Crippen molar-refractivity contribution >= 4 is 5.91 Å². The van der Waals surface area contributed by atoms with Crippen molar-refractivity contribution in [1.29, 1.82) is 0 Å². The van der Waals surface area contributed by atoms with E-state index in [-0.39, 0.29) is 0 Å². The molecule has 0 spiro atoms. The van der Waals surface area contributed by atoms with Gasteiger partial charge in [-0.2, -0.15) is 0 Å². The Kier molecular flexibility index (Phi) is 2.83. The van der Waals surface area contributed by atoms with Crippen LogP contribution in [0.15, 0.2) is 42.5 Å². The van der Waals surface area contributed by atoms with E-state index in [1.165, 1.54) is 0 Å². The van der Waals surface area contributed by atoms with Crippen LogP contribution < -0.4 is 15.2 Å². The molecule has 1 heterocycles. The van der Waals surface area contributed by atoms with Crippen molar-refractivity contribution in [2.75, 3.05) is 13.2 Å². The summed E-state index contributed by atoms with van der Waals surface area (Å²) in [6, 6.07) is 13.1. The minimum absolute atomic E-state index is 0.440. The number of rotatable bonds is 2. The first-order valence-corrected chi connectivity index (χ1v) is 6.04. The number of hydrogen-bond acceptors (Lipinski definition) is 3. The Labute approximate surface area is 110 Å². The van der Waals surface area contributed by atoms with Crippen LogP contribution in [-0.4, -0.2) is 19.1 Å². The van der Waals surface area contributed by atoms with Crippen LogP contribution in [0, 0.1) is 0 Å². The molecule has 0 saturated carbocycles. The highest BCUT2D eigenvalue weighted by Crippen LogP contribution is 2.37. The van der Waals surface area contributed by atoms with Gasteiger partial charge < -0.3 is 15.2 Å². The third-order valence-electron chi connectivity index (χ3n) is 3.03. The summed E-state index contributed by atoms with van der Waals surface area (Å²) in [5.41, 5.74) is 7.58. The third-order valence-corrected chi connectivity index (χ3v) is 3.03. The summed E-state index contributed by atoms with van der Waals surface area (Å²) in [5.74, 6) is 0.741. The van der Waals surface area contributed by atoms with Crippen molar-refractivity contribution in [3.63, 3.8) is 0 Å². The van der Waals surface area contributed by atoms with E-state index in [1.54, 1.807) is 6.07 Å². The second-order valence-electron chi connectivity index (χ2n) is 4.27. The van der Waals surface area contributed by atoms with Gasteiger partial charge in [-0.15, -0.1) is 0 Å². The van der Waals surface area contributed by atoms with Gasteiger partial charge in [-0.05, 0) is 23.3 Å². The zero-order valence-corrected chi connectivity index (χ0v) is 10.3. The first-order chi connectivity index (χ1) is 9.25. The highest BCUT2D eigenvalue weighted by molar-refractivity contribution is 6.00. The molecule has 96 valence electrons. The van der Waals surface area contributed by atoms with E-state index in [0.717, 1.165) is 11.1 Å². The van der Waals surface area contributed by atoms with E-state index in [4.69, 9.17) is 15.2 Å². The van der Waals surface area contributed by atoms with Crippen LogP contribution in [0.5, 0.6) is 11.5 Å². The Balaban J connectivity index is 2.19. The van der Waals surface area contributed by atoms with Crippen LogP contribution in [0.3, 0.4) is 0 Å². The van der Waals surface area contributed by atoms with Crippen LogP contribution >= 0.6 is 0 Å². The molecule has 4 heteroatoms. The lowest BCUT2D eigenvalue weighted by molar-refractivity contribution is 0.0999. The summed E-state index contributed by atoms with van der Waals surface area (Å²) < 4.78 is 11.0. The minimum atomic E-state index is -0.476. The molecule has 19 heavy (non-hydrogen) atoms. The molecule has 2 N–H and O–H groups in total. The molecule has 2 aromatic carbocycles. The monoisotopic (exact) mass is 255 g/mol. The Hall–Kier alpha value is -2.49. The van der Waals surface area contributed by atoms with Crippen molar-refractivity contribution in [1.82, 2.24) is 0 Å². The summed E-state index contributed by atoms with van der Waals surface area (Å²) in [6.45, 7) is 0.993. The smallest absolute Gasteiger partial charge is 0.249 e. The minimum Gasteiger partial charge on any atom is -0.486 e. The number of fused-ring (bicyclic) bond motifs is 1. The standard InChI is InChI=1S/C15H13NO3/c16-15(17)12-9-14-13(18-6-7-19-14)8-11(12)10-4-2-1-3-5-10/h1-5,8-9H,6-7H2,(H2,16,17). The second-order valence-corrected chi connectivity index (χ2v) is 4.27. The maximum Gasteiger partial charge on any atom is 0.249 e. The number of nitrogens with two attached hydrogens (primary N) is 1. The number of benzene rings is 2. The summed E-state index contributed by atoms with van der Waals surface area (Å²) in [5, 5.41) is 0. The zero-order valence-electron chi connectivity index (χ0n) is 10.3. The average molecular weight is 255 g/mol. The first-order valence-electron chi connectivity index (χ1n) is 6.04. The van der Waals surface area contributed by atoms with E-state index >= 15 is 0 Å². The van der Waals surface area contributed by atoms with Crippen molar-refractivity contribution in [3.05, 3.63) is 48.0 Å². The zero-order chi connectivity index (χ0) is 13.2. The number of hydrogen-bond donors (Lipinski definition) is 1. The summed E-state index contributed by atoms with van der Waals surface area (Å²) in [6.07, 6.45) is 0. The number of primary amides is 1. The highest BCUT2D eigenvalue weighted by atomic mass is 16.6. The topological polar surface area (TPSA) is 61.6 Å². The van der Waals surface area contributed by atoms with Gasteiger partial charge in [-0.1, -0.05) is 30.3 Å². The molecule has 1 aliphatic heterocycles. The molecule has 0 aliphatic carbocycles. The molecule has 0 saturated heterocycles. The molecule has 0 radical (unpaired) electrons. The number of amides is 1. The molecule has 2 aromatic rings. The fraction of sp³-hybridized carbons (Fsp3) is 0.133. The number of carbonyl (C=O) groups is 1. The van der Waals surface area contributed by atoms with E-state index in [1.807, 2.05) is 36.4 Å². The first kappa shape index (κ1) is 11.6. The Bertz CT molecular complexity index is 623. The predicted octanol–water partition coefficient (Wildman–Crippen LogP) is 2.22. The molecule has 0 bridgehead atoms. The molecule has 0 aromatic heterocycles. The summed E-state index contributed by atoms with van der Waals surface area (Å²) >= 11 is 0. The quantitative estimate of drug-likeness (QED) is 0.895. The van der Waals surface area contributed by atoms with Crippen LogP contribution in [-0.2, 0) is 0 Å². The average Bonchev–Trinajstić information content (AvgIpc) is 2.46. The molecule has 4 nitrogen and oxygen atoms in total. The molecular formula is C15H13NO3. The van der Waals surface area contributed by atoms with Gasteiger partial charge in [0.25, 0.3) is 0 Å². The van der Waals surface area contributed by atoms with Gasteiger partial charge in [0, 0.05) is 0 Å². The van der Waals surface area contributed by atoms with E-state index in [2.05, 4.69) is 0 Å². The van der Waals surface area contributed by atoms with Gasteiger partial charge in [0.15, 0.2) is 11.5 Å². The number of carbonyl (C=O) groups excluding carboxylic acids is 1. The second kappa shape index (κ2) is 4.65. The van der Waals surface area contributed by atoms with Crippen LogP contribution in [0.25, 0.3) is 11.1 Å². The molecule has 1 amide bonds. The van der Waals surface area contributed by atoms with Crippen molar-refractivity contribution in [3.8, 4) is 22.6 Å². The Morgan fingerprint density at radius 1 is 1.00 bits per heavy atom. The molecule has 0 atom stereocenters. The lowest BCUT2D eigenvalue weighted by Crippen LogP contribution is -2.18. The lowest BCUT2D eigenvalue weighted by atomic mass is 9.98. The summed E-state index contributed by atoms with van der Waals surface area (Å²) in [4.78, 5) is 11.6. The third kappa shape index (κ3) is 2.12. The predicted molar refractivity (Wildman–Crippen MR) is 71.4 cm³/mol. The van der Waals surface area contributed by atoms with Crippen molar-refractivity contribution in [2.45, 2.75) is 0 Å². The van der Waals surface area contributed by atoms with Gasteiger partial charge in [0.2, 0.25) is 5.91 Å². The fourth-order valence-electron chi connectivity index (χ4n) is 2.15. The number of ether oxygens (including phenoxy) is 2. The fourth-order valence-corrected chi connectivity index (χ4v) is 2.15. The van der Waals surface area contributed by atoms with Gasteiger partial charge >= 0.3 is 0 Å². The van der Waals surface area contributed by atoms with Crippen molar-refractivity contribution < 1.29 is 14.3 Å². The molecule has 1 aliphatic rings. The SMILES string of the molecule is NC(=O)c1cc2c(cc1-c1ccccc1)OCCO2. The maximum absolute atomic E-state index is 11.6. The van der Waals surface area contributed by atoms with Gasteiger partial charge in [-0.3, -0.25) is 4.79 Å². The Morgan fingerprint density at radius 3 is 2.26 bits per heavy atom. The van der Waals surface area contributed by atoms with Crippen LogP contribution in [0.2, 0.25) is 0 Å². The highest BCUT2D eigenvalue weighted by Gasteiger charge is 2.19. The van der Waals surface area contributed by atoms with Crippen LogP contribution in [0.4, 0.5) is 0 Å².